The SMILES string of the molecule is C/C(=C\CO)CC/C=C(\C)CNc1ccccc1F. The van der Waals surface area contributed by atoms with Crippen molar-refractivity contribution in [3.8, 4) is 0 Å². The van der Waals surface area contributed by atoms with E-state index in [1.165, 1.54) is 17.2 Å². The molecule has 1 rings (SSSR count). The van der Waals surface area contributed by atoms with Crippen LogP contribution in [0.25, 0.3) is 0 Å². The van der Waals surface area contributed by atoms with Gasteiger partial charge in [0, 0.05) is 6.54 Å². The highest BCUT2D eigenvalue weighted by Gasteiger charge is 1.99. The van der Waals surface area contributed by atoms with Crippen molar-refractivity contribution < 1.29 is 9.50 Å². The normalized spacial score (nSPS) is 12.6. The molecule has 1 aromatic carbocycles. The number of para-hydroxylation sites is 1. The summed E-state index contributed by atoms with van der Waals surface area (Å²) >= 11 is 0. The number of benzene rings is 1. The van der Waals surface area contributed by atoms with Gasteiger partial charge in [0.25, 0.3) is 0 Å². The number of allylic oxidation sites excluding steroid dienone is 2. The maximum atomic E-state index is 13.4. The summed E-state index contributed by atoms with van der Waals surface area (Å²) in [5, 5.41) is 11.8. The Morgan fingerprint density at radius 2 is 1.95 bits per heavy atom. The third kappa shape index (κ3) is 6.20. The number of aliphatic hydroxyl groups excluding tert-OH is 1. The number of hydrogen-bond donors (Lipinski definition) is 2. The Bertz CT molecular complexity index is 452. The Morgan fingerprint density at radius 3 is 2.63 bits per heavy atom. The molecule has 0 saturated carbocycles. The van der Waals surface area contributed by atoms with Crippen LogP contribution in [0.2, 0.25) is 0 Å². The van der Waals surface area contributed by atoms with Gasteiger partial charge in [-0.15, -0.1) is 0 Å². The smallest absolute Gasteiger partial charge is 0.146 e. The third-order valence-electron chi connectivity index (χ3n) is 2.90. The quantitative estimate of drug-likeness (QED) is 0.731. The third-order valence-corrected chi connectivity index (χ3v) is 2.90. The van der Waals surface area contributed by atoms with Gasteiger partial charge in [0.05, 0.1) is 12.3 Å². The van der Waals surface area contributed by atoms with Gasteiger partial charge in [0.15, 0.2) is 0 Å². The summed E-state index contributed by atoms with van der Waals surface area (Å²) in [6.07, 6.45) is 5.84. The lowest BCUT2D eigenvalue weighted by Crippen LogP contribution is -2.04. The maximum Gasteiger partial charge on any atom is 0.146 e. The number of hydrogen-bond acceptors (Lipinski definition) is 2. The minimum atomic E-state index is -0.225. The molecule has 0 radical (unpaired) electrons. The molecule has 0 aliphatic heterocycles. The standard InChI is InChI=1S/C16H22FNO/c1-13(10-11-19)6-5-7-14(2)12-18-16-9-4-3-8-15(16)17/h3-4,7-10,18-19H,5-6,11-12H2,1-2H3/b13-10+,14-7+. The van der Waals surface area contributed by atoms with Gasteiger partial charge in [-0.25, -0.2) is 4.39 Å². The molecule has 0 spiro atoms. The second-order valence-electron chi connectivity index (χ2n) is 4.66. The van der Waals surface area contributed by atoms with Crippen LogP contribution < -0.4 is 5.32 Å². The predicted octanol–water partition coefficient (Wildman–Crippen LogP) is 3.90. The Balaban J connectivity index is 2.37. The van der Waals surface area contributed by atoms with Gasteiger partial charge >= 0.3 is 0 Å². The van der Waals surface area contributed by atoms with Crippen molar-refractivity contribution >= 4 is 5.69 Å². The molecule has 0 saturated heterocycles. The van der Waals surface area contributed by atoms with E-state index >= 15 is 0 Å². The van der Waals surface area contributed by atoms with Crippen LogP contribution in [0.15, 0.2) is 47.6 Å². The van der Waals surface area contributed by atoms with Crippen molar-refractivity contribution in [2.45, 2.75) is 26.7 Å². The fraction of sp³-hybridized carbons (Fsp3) is 0.375. The summed E-state index contributed by atoms with van der Waals surface area (Å²) in [5.41, 5.74) is 2.90. The molecule has 3 heteroatoms. The van der Waals surface area contributed by atoms with E-state index in [1.54, 1.807) is 12.1 Å². The zero-order valence-electron chi connectivity index (χ0n) is 11.6. The molecule has 0 bridgehead atoms. The average molecular weight is 263 g/mol. The maximum absolute atomic E-state index is 13.4. The highest BCUT2D eigenvalue weighted by molar-refractivity contribution is 5.45. The zero-order chi connectivity index (χ0) is 14.1. The van der Waals surface area contributed by atoms with Crippen LogP contribution in [0, 0.1) is 5.82 Å². The molecule has 1 aromatic rings. The Kier molecular flexibility index (Phi) is 6.90. The molecule has 2 N–H and O–H groups in total. The molecule has 0 fully saturated rings. The van der Waals surface area contributed by atoms with Crippen molar-refractivity contribution in [1.29, 1.82) is 0 Å². The summed E-state index contributed by atoms with van der Waals surface area (Å²) in [6.45, 7) is 4.78. The van der Waals surface area contributed by atoms with Crippen LogP contribution in [-0.4, -0.2) is 18.3 Å². The number of aliphatic hydroxyl groups is 1. The molecule has 104 valence electrons. The van der Waals surface area contributed by atoms with Crippen LogP contribution in [-0.2, 0) is 0 Å². The summed E-state index contributed by atoms with van der Waals surface area (Å²) in [7, 11) is 0. The predicted molar refractivity (Wildman–Crippen MR) is 78.7 cm³/mol. The van der Waals surface area contributed by atoms with Gasteiger partial charge in [0.2, 0.25) is 0 Å². The molecule has 0 aromatic heterocycles. The first-order valence-corrected chi connectivity index (χ1v) is 6.54. The van der Waals surface area contributed by atoms with Crippen LogP contribution in [0.5, 0.6) is 0 Å². The van der Waals surface area contributed by atoms with E-state index in [9.17, 15) is 4.39 Å². The number of rotatable bonds is 7. The van der Waals surface area contributed by atoms with E-state index < -0.39 is 0 Å². The van der Waals surface area contributed by atoms with Crippen LogP contribution in [0.4, 0.5) is 10.1 Å². The van der Waals surface area contributed by atoms with Crippen LogP contribution in [0.3, 0.4) is 0 Å². The van der Waals surface area contributed by atoms with Crippen molar-refractivity contribution in [3.05, 3.63) is 53.4 Å². The number of halogens is 1. The van der Waals surface area contributed by atoms with Crippen molar-refractivity contribution in [2.24, 2.45) is 0 Å². The largest absolute Gasteiger partial charge is 0.392 e. The topological polar surface area (TPSA) is 32.3 Å². The summed E-state index contributed by atoms with van der Waals surface area (Å²) in [6, 6.07) is 6.67. The molecule has 0 aliphatic rings. The average Bonchev–Trinajstić information content (AvgIpc) is 2.38. The van der Waals surface area contributed by atoms with E-state index in [-0.39, 0.29) is 12.4 Å². The van der Waals surface area contributed by atoms with E-state index in [0.29, 0.717) is 12.2 Å². The lowest BCUT2D eigenvalue weighted by atomic mass is 10.1. The minimum Gasteiger partial charge on any atom is -0.392 e. The molecular formula is C16H22FNO. The molecule has 19 heavy (non-hydrogen) atoms. The molecular weight excluding hydrogens is 241 g/mol. The fourth-order valence-corrected chi connectivity index (χ4v) is 1.72. The van der Waals surface area contributed by atoms with Crippen molar-refractivity contribution in [2.75, 3.05) is 18.5 Å². The molecule has 0 atom stereocenters. The molecule has 2 nitrogen and oxygen atoms in total. The minimum absolute atomic E-state index is 0.101. The molecule has 0 heterocycles. The Hall–Kier alpha value is -1.61. The Labute approximate surface area is 114 Å². The van der Waals surface area contributed by atoms with Gasteiger partial charge in [-0.1, -0.05) is 35.4 Å². The van der Waals surface area contributed by atoms with Crippen molar-refractivity contribution in [3.63, 3.8) is 0 Å². The van der Waals surface area contributed by atoms with Crippen LogP contribution in [0.1, 0.15) is 26.7 Å². The second kappa shape index (κ2) is 8.48. The summed E-state index contributed by atoms with van der Waals surface area (Å²) < 4.78 is 13.4. The van der Waals surface area contributed by atoms with Gasteiger partial charge in [-0.05, 0) is 38.8 Å². The van der Waals surface area contributed by atoms with E-state index in [2.05, 4.69) is 11.4 Å². The van der Waals surface area contributed by atoms with E-state index in [1.807, 2.05) is 26.0 Å². The van der Waals surface area contributed by atoms with Gasteiger partial charge < -0.3 is 10.4 Å². The number of anilines is 1. The van der Waals surface area contributed by atoms with Crippen molar-refractivity contribution in [1.82, 2.24) is 0 Å². The summed E-state index contributed by atoms with van der Waals surface area (Å²) in [4.78, 5) is 0. The molecule has 0 amide bonds. The highest BCUT2D eigenvalue weighted by Crippen LogP contribution is 2.13. The zero-order valence-corrected chi connectivity index (χ0v) is 11.6. The molecule has 0 aliphatic carbocycles. The highest BCUT2D eigenvalue weighted by atomic mass is 19.1. The summed E-state index contributed by atoms with van der Waals surface area (Å²) in [5.74, 6) is -0.225. The van der Waals surface area contributed by atoms with Gasteiger partial charge in [0.1, 0.15) is 5.82 Å². The monoisotopic (exact) mass is 263 g/mol. The van der Waals surface area contributed by atoms with Gasteiger partial charge in [-0.2, -0.15) is 0 Å². The lowest BCUT2D eigenvalue weighted by Gasteiger charge is -2.07. The first-order valence-electron chi connectivity index (χ1n) is 6.54. The lowest BCUT2D eigenvalue weighted by molar-refractivity contribution is 0.341. The number of nitrogens with one attached hydrogen (secondary N) is 1. The second-order valence-corrected chi connectivity index (χ2v) is 4.66. The first-order chi connectivity index (χ1) is 9.13. The fourth-order valence-electron chi connectivity index (χ4n) is 1.72. The van der Waals surface area contributed by atoms with E-state index in [4.69, 9.17) is 5.11 Å². The van der Waals surface area contributed by atoms with Crippen LogP contribution >= 0.6 is 0 Å². The Morgan fingerprint density at radius 1 is 1.21 bits per heavy atom. The molecule has 0 unspecified atom stereocenters. The first kappa shape index (κ1) is 15.4. The van der Waals surface area contributed by atoms with Gasteiger partial charge in [-0.3, -0.25) is 0 Å². The van der Waals surface area contributed by atoms with E-state index in [0.717, 1.165) is 12.8 Å².